The van der Waals surface area contributed by atoms with Crippen LogP contribution >= 0.6 is 0 Å². The van der Waals surface area contributed by atoms with Crippen LogP contribution in [0, 0.1) is 0 Å². The Morgan fingerprint density at radius 2 is 0.883 bits per heavy atom. The number of benzene rings is 9. The molecule has 2 aliphatic rings. The molecule has 0 spiro atoms. The summed E-state index contributed by atoms with van der Waals surface area (Å²) in [7, 11) is 0. The lowest BCUT2D eigenvalue weighted by atomic mass is 9.67. The molecule has 1 aromatic heterocycles. The molecule has 0 fully saturated rings. The second-order valence-electron chi connectivity index (χ2n) is 16.8. The van der Waals surface area contributed by atoms with E-state index >= 15 is 0 Å². The van der Waals surface area contributed by atoms with Gasteiger partial charge in [-0.25, -0.2) is 0 Å². The smallest absolute Gasteiger partial charge is 0.140 e. The predicted octanol–water partition coefficient (Wildman–Crippen LogP) is 15.4. The van der Waals surface area contributed by atoms with Crippen LogP contribution in [0.4, 0.5) is 17.1 Å². The number of fused-ring (bicyclic) bond motifs is 9. The van der Waals surface area contributed by atoms with Crippen molar-refractivity contribution >= 4 is 39.0 Å². The van der Waals surface area contributed by atoms with Crippen LogP contribution in [-0.4, -0.2) is 0 Å². The van der Waals surface area contributed by atoms with Crippen LogP contribution in [0.3, 0.4) is 0 Å². The third-order valence-corrected chi connectivity index (χ3v) is 13.4. The highest BCUT2D eigenvalue weighted by Gasteiger charge is 2.47. The molecule has 0 saturated carbocycles. The second-order valence-corrected chi connectivity index (χ2v) is 16.8. The van der Waals surface area contributed by atoms with Gasteiger partial charge in [-0.3, -0.25) is 0 Å². The minimum atomic E-state index is -0.563. The Kier molecular flexibility index (Phi) is 7.52. The van der Waals surface area contributed by atoms with E-state index in [4.69, 9.17) is 4.42 Å². The maximum atomic E-state index is 7.09. The molecule has 0 bridgehead atoms. The first kappa shape index (κ1) is 34.6. The molecule has 0 saturated heterocycles. The number of rotatable bonds is 6. The lowest BCUT2D eigenvalue weighted by molar-refractivity contribution is 0.648. The molecule has 12 rings (SSSR count). The molecule has 2 aliphatic carbocycles. The molecule has 60 heavy (non-hydrogen) atoms. The normalized spacial score (nSPS) is 14.1. The number of nitrogens with zero attached hydrogens (tertiary/aromatic N) is 1. The Morgan fingerprint density at radius 1 is 0.367 bits per heavy atom. The molecule has 9 aromatic carbocycles. The lowest BCUT2D eigenvalue weighted by Gasteiger charge is -2.33. The number of hydrogen-bond donors (Lipinski definition) is 0. The zero-order valence-corrected chi connectivity index (χ0v) is 33.6. The van der Waals surface area contributed by atoms with Gasteiger partial charge in [-0.15, -0.1) is 0 Å². The molecule has 2 nitrogen and oxygen atoms in total. The number of hydrogen-bond acceptors (Lipinski definition) is 2. The summed E-state index contributed by atoms with van der Waals surface area (Å²) in [6, 6.07) is 77.7. The van der Waals surface area contributed by atoms with Crippen molar-refractivity contribution in [1.82, 2.24) is 0 Å². The monoisotopic (exact) mass is 767 g/mol. The van der Waals surface area contributed by atoms with Crippen LogP contribution in [0.15, 0.2) is 217 Å². The van der Waals surface area contributed by atoms with Gasteiger partial charge in [0.2, 0.25) is 0 Å². The molecule has 0 atom stereocenters. The molecule has 2 heteroatoms. The summed E-state index contributed by atoms with van der Waals surface area (Å²) in [4.78, 5) is 2.41. The maximum absolute atomic E-state index is 7.09. The average Bonchev–Trinajstić information content (AvgIpc) is 3.91. The third kappa shape index (κ3) is 4.88. The molecule has 0 radical (unpaired) electrons. The predicted molar refractivity (Wildman–Crippen MR) is 249 cm³/mol. The van der Waals surface area contributed by atoms with Crippen LogP contribution in [0.25, 0.3) is 55.3 Å². The first-order valence-corrected chi connectivity index (χ1v) is 20.9. The summed E-state index contributed by atoms with van der Waals surface area (Å²) in [5, 5.41) is 2.19. The third-order valence-electron chi connectivity index (χ3n) is 13.4. The van der Waals surface area contributed by atoms with E-state index < -0.39 is 5.41 Å². The Balaban J connectivity index is 1.07. The fraction of sp³-hybridized carbons (Fsp3) is 0.0690. The van der Waals surface area contributed by atoms with E-state index in [0.717, 1.165) is 44.6 Å². The molecular formula is C58H41NO. The Labute approximate surface area is 350 Å². The van der Waals surface area contributed by atoms with E-state index in [0.29, 0.717) is 0 Å². The van der Waals surface area contributed by atoms with Crippen molar-refractivity contribution in [2.75, 3.05) is 4.90 Å². The summed E-state index contributed by atoms with van der Waals surface area (Å²) in [5.74, 6) is 0. The van der Waals surface area contributed by atoms with Gasteiger partial charge in [-0.2, -0.15) is 0 Å². The van der Waals surface area contributed by atoms with Gasteiger partial charge in [0.05, 0.1) is 5.41 Å². The van der Waals surface area contributed by atoms with Crippen LogP contribution in [0.5, 0.6) is 0 Å². The fourth-order valence-electron chi connectivity index (χ4n) is 10.6. The highest BCUT2D eigenvalue weighted by molar-refractivity contribution is 6.09. The molecular weight excluding hydrogens is 727 g/mol. The van der Waals surface area contributed by atoms with E-state index in [1.54, 1.807) is 0 Å². The molecule has 1 heterocycles. The first-order chi connectivity index (χ1) is 29.5. The van der Waals surface area contributed by atoms with Gasteiger partial charge >= 0.3 is 0 Å². The number of para-hydroxylation sites is 1. The SMILES string of the molecule is CC1(C)c2ccccc2-c2ccc(N(c3ccc(-c4ccccc4)cc3)c3ccc4oc5c(C6(c7ccccc7)c7ccccc7-c7ccccc76)cccc5c4c3)cc21. The number of anilines is 3. The summed E-state index contributed by atoms with van der Waals surface area (Å²) in [6.45, 7) is 4.70. The van der Waals surface area contributed by atoms with Crippen molar-refractivity contribution in [3.8, 4) is 33.4 Å². The molecule has 0 amide bonds. The van der Waals surface area contributed by atoms with Crippen molar-refractivity contribution in [3.63, 3.8) is 0 Å². The standard InChI is InChI=1S/C58H41NO/c1-57(2)50-24-12-9-20-44(50)47-34-32-43(37-54(47)57)59(41-30-28-39(29-31-41)38-16-5-3-6-17-38)42-33-35-55-49(36-42)48-23-15-27-53(56(48)60-55)58(40-18-7-4-8-19-40)51-25-13-10-21-45(51)46-22-11-14-26-52(46)58/h3-37H,1-2H3. The van der Waals surface area contributed by atoms with Crippen LogP contribution in [-0.2, 0) is 10.8 Å². The molecule has 0 aliphatic heterocycles. The highest BCUT2D eigenvalue weighted by Crippen LogP contribution is 2.58. The van der Waals surface area contributed by atoms with Crippen molar-refractivity contribution in [2.24, 2.45) is 0 Å². The van der Waals surface area contributed by atoms with Crippen molar-refractivity contribution in [2.45, 2.75) is 24.7 Å². The van der Waals surface area contributed by atoms with E-state index in [2.05, 4.69) is 231 Å². The minimum Gasteiger partial charge on any atom is -0.456 e. The lowest BCUT2D eigenvalue weighted by Crippen LogP contribution is -2.28. The molecule has 0 unspecified atom stereocenters. The van der Waals surface area contributed by atoms with Gasteiger partial charge in [0.25, 0.3) is 0 Å². The molecule has 0 N–H and O–H groups in total. The molecule has 10 aromatic rings. The maximum Gasteiger partial charge on any atom is 0.140 e. The number of furan rings is 1. The van der Waals surface area contributed by atoms with Crippen LogP contribution in [0.1, 0.15) is 47.2 Å². The average molecular weight is 768 g/mol. The summed E-state index contributed by atoms with van der Waals surface area (Å²) >= 11 is 0. The van der Waals surface area contributed by atoms with E-state index in [9.17, 15) is 0 Å². The fourth-order valence-corrected chi connectivity index (χ4v) is 10.6. The van der Waals surface area contributed by atoms with E-state index in [1.165, 1.54) is 61.2 Å². The minimum absolute atomic E-state index is 0.127. The van der Waals surface area contributed by atoms with Gasteiger partial charge in [-0.05, 0) is 104 Å². The second kappa shape index (κ2) is 13.0. The van der Waals surface area contributed by atoms with Gasteiger partial charge in [-0.1, -0.05) is 184 Å². The Hall–Kier alpha value is -7.42. The van der Waals surface area contributed by atoms with Crippen molar-refractivity contribution in [3.05, 3.63) is 246 Å². The zero-order chi connectivity index (χ0) is 40.0. The van der Waals surface area contributed by atoms with Crippen LogP contribution in [0.2, 0.25) is 0 Å². The van der Waals surface area contributed by atoms with Gasteiger partial charge in [0.1, 0.15) is 11.2 Å². The first-order valence-electron chi connectivity index (χ1n) is 20.9. The van der Waals surface area contributed by atoms with E-state index in [1.807, 2.05) is 0 Å². The van der Waals surface area contributed by atoms with Crippen LogP contribution < -0.4 is 4.90 Å². The summed E-state index contributed by atoms with van der Waals surface area (Å²) < 4.78 is 7.09. The molecule has 284 valence electrons. The van der Waals surface area contributed by atoms with E-state index in [-0.39, 0.29) is 5.41 Å². The topological polar surface area (TPSA) is 16.4 Å². The van der Waals surface area contributed by atoms with Gasteiger partial charge in [0, 0.05) is 38.8 Å². The Bertz CT molecular complexity index is 3240. The Morgan fingerprint density at radius 3 is 1.58 bits per heavy atom. The zero-order valence-electron chi connectivity index (χ0n) is 33.6. The van der Waals surface area contributed by atoms with Crippen molar-refractivity contribution < 1.29 is 4.42 Å². The van der Waals surface area contributed by atoms with Crippen molar-refractivity contribution in [1.29, 1.82) is 0 Å². The summed E-state index contributed by atoms with van der Waals surface area (Å²) in [5.41, 5.74) is 19.6. The highest BCUT2D eigenvalue weighted by atomic mass is 16.3. The van der Waals surface area contributed by atoms with Gasteiger partial charge < -0.3 is 9.32 Å². The quantitative estimate of drug-likeness (QED) is 0.168. The summed E-state index contributed by atoms with van der Waals surface area (Å²) in [6.07, 6.45) is 0. The van der Waals surface area contributed by atoms with Gasteiger partial charge in [0.15, 0.2) is 0 Å². The largest absolute Gasteiger partial charge is 0.456 e.